The molecular formula is C13H11ClN2OS. The van der Waals surface area contributed by atoms with E-state index in [0.717, 1.165) is 27.3 Å². The lowest BCUT2D eigenvalue weighted by Gasteiger charge is -2.04. The molecule has 0 bridgehead atoms. The van der Waals surface area contributed by atoms with Crippen LogP contribution in [0.2, 0.25) is 4.47 Å². The van der Waals surface area contributed by atoms with Crippen LogP contribution in [0.25, 0.3) is 11.0 Å². The Morgan fingerprint density at radius 1 is 1.44 bits per heavy atom. The molecule has 5 heteroatoms. The minimum Gasteiger partial charge on any atom is -0.459 e. The lowest BCUT2D eigenvalue weighted by Crippen LogP contribution is -1.97. The molecule has 0 unspecified atom stereocenters. The first-order valence-corrected chi connectivity index (χ1v) is 6.75. The highest BCUT2D eigenvalue weighted by Gasteiger charge is 2.06. The van der Waals surface area contributed by atoms with Gasteiger partial charge in [-0.1, -0.05) is 23.7 Å². The first kappa shape index (κ1) is 11.6. The van der Waals surface area contributed by atoms with E-state index in [9.17, 15) is 0 Å². The Kier molecular flexibility index (Phi) is 2.97. The fourth-order valence-corrected chi connectivity index (χ4v) is 2.80. The van der Waals surface area contributed by atoms with Gasteiger partial charge in [0.25, 0.3) is 0 Å². The molecule has 18 heavy (non-hydrogen) atoms. The number of benzene rings is 1. The van der Waals surface area contributed by atoms with Crippen molar-refractivity contribution in [2.24, 2.45) is 0 Å². The summed E-state index contributed by atoms with van der Waals surface area (Å²) < 4.78 is 6.26. The Hall–Kier alpha value is -1.52. The zero-order valence-corrected chi connectivity index (χ0v) is 11.3. The van der Waals surface area contributed by atoms with Crippen LogP contribution in [0.3, 0.4) is 0 Å². The third-order valence-corrected chi connectivity index (χ3v) is 3.76. The number of rotatable bonds is 3. The third-order valence-electron chi connectivity index (χ3n) is 2.65. The van der Waals surface area contributed by atoms with Crippen LogP contribution in [0, 0.1) is 6.92 Å². The molecule has 1 aromatic carbocycles. The number of fused-ring (bicyclic) bond motifs is 1. The number of para-hydroxylation sites is 1. The van der Waals surface area contributed by atoms with Crippen molar-refractivity contribution in [3.8, 4) is 0 Å². The van der Waals surface area contributed by atoms with E-state index < -0.39 is 0 Å². The van der Waals surface area contributed by atoms with Crippen molar-refractivity contribution in [3.05, 3.63) is 45.6 Å². The van der Waals surface area contributed by atoms with E-state index >= 15 is 0 Å². The largest absolute Gasteiger partial charge is 0.459 e. The molecule has 0 saturated carbocycles. The van der Waals surface area contributed by atoms with Crippen molar-refractivity contribution in [3.63, 3.8) is 0 Å². The normalized spacial score (nSPS) is 11.0. The summed E-state index contributed by atoms with van der Waals surface area (Å²) in [6.07, 6.45) is 1.79. The van der Waals surface area contributed by atoms with E-state index in [1.165, 1.54) is 11.3 Å². The molecule has 0 aliphatic rings. The van der Waals surface area contributed by atoms with Gasteiger partial charge in [0.05, 0.1) is 12.2 Å². The minimum atomic E-state index is 0.568. The number of nitrogens with zero attached hydrogens (tertiary/aromatic N) is 1. The number of nitrogens with one attached hydrogen (secondary N) is 1. The first-order valence-electron chi connectivity index (χ1n) is 5.55. The highest BCUT2D eigenvalue weighted by Crippen LogP contribution is 2.27. The van der Waals surface area contributed by atoms with E-state index in [0.29, 0.717) is 11.0 Å². The van der Waals surface area contributed by atoms with Crippen LogP contribution in [0.4, 0.5) is 5.69 Å². The van der Waals surface area contributed by atoms with Crippen LogP contribution < -0.4 is 5.32 Å². The number of aryl methyl sites for hydroxylation is 1. The van der Waals surface area contributed by atoms with Crippen molar-refractivity contribution in [1.29, 1.82) is 0 Å². The average molecular weight is 279 g/mol. The molecule has 0 saturated heterocycles. The van der Waals surface area contributed by atoms with Crippen molar-refractivity contribution in [2.75, 3.05) is 5.32 Å². The van der Waals surface area contributed by atoms with Gasteiger partial charge in [-0.2, -0.15) is 0 Å². The molecule has 92 valence electrons. The zero-order chi connectivity index (χ0) is 12.5. The summed E-state index contributed by atoms with van der Waals surface area (Å²) in [5.41, 5.74) is 1.88. The molecular weight excluding hydrogens is 268 g/mol. The quantitative estimate of drug-likeness (QED) is 0.768. The first-order chi connectivity index (χ1) is 8.72. The molecule has 1 N–H and O–H groups in total. The summed E-state index contributed by atoms with van der Waals surface area (Å²) >= 11 is 7.28. The summed E-state index contributed by atoms with van der Waals surface area (Å²) in [6, 6.07) is 8.10. The summed E-state index contributed by atoms with van der Waals surface area (Å²) in [4.78, 5) is 5.11. The zero-order valence-electron chi connectivity index (χ0n) is 9.74. The molecule has 0 atom stereocenters. The number of aromatic nitrogens is 1. The predicted octanol–water partition coefficient (Wildman–Crippen LogP) is 4.46. The number of hydrogen-bond donors (Lipinski definition) is 1. The van der Waals surface area contributed by atoms with Crippen molar-refractivity contribution in [2.45, 2.75) is 13.5 Å². The maximum Gasteiger partial charge on any atom is 0.183 e. The summed E-state index contributed by atoms with van der Waals surface area (Å²) in [7, 11) is 0. The number of furan rings is 1. The van der Waals surface area contributed by atoms with Crippen LogP contribution >= 0.6 is 22.9 Å². The highest BCUT2D eigenvalue weighted by molar-refractivity contribution is 7.15. The maximum absolute atomic E-state index is 5.80. The van der Waals surface area contributed by atoms with Gasteiger partial charge < -0.3 is 9.73 Å². The van der Waals surface area contributed by atoms with Gasteiger partial charge in [0.15, 0.2) is 10.0 Å². The Balaban J connectivity index is 1.86. The van der Waals surface area contributed by atoms with Gasteiger partial charge in [-0.3, -0.25) is 0 Å². The van der Waals surface area contributed by atoms with Crippen molar-refractivity contribution >= 4 is 39.6 Å². The molecule has 3 aromatic rings. The van der Waals surface area contributed by atoms with Crippen LogP contribution in [0.15, 0.2) is 34.9 Å². The van der Waals surface area contributed by atoms with Crippen LogP contribution in [-0.2, 0) is 6.54 Å². The fraction of sp³-hybridized carbons (Fsp3) is 0.154. The molecule has 0 fully saturated rings. The van der Waals surface area contributed by atoms with Gasteiger partial charge in [-0.15, -0.1) is 11.3 Å². The lowest BCUT2D eigenvalue weighted by atomic mass is 10.2. The smallest absolute Gasteiger partial charge is 0.183 e. The molecule has 0 aliphatic heterocycles. The summed E-state index contributed by atoms with van der Waals surface area (Å²) in [6.45, 7) is 2.65. The van der Waals surface area contributed by atoms with Gasteiger partial charge in [0, 0.05) is 16.5 Å². The van der Waals surface area contributed by atoms with E-state index in [4.69, 9.17) is 16.0 Å². The number of halogens is 1. The molecule has 0 amide bonds. The van der Waals surface area contributed by atoms with Crippen LogP contribution in [0.5, 0.6) is 0 Å². The van der Waals surface area contributed by atoms with Gasteiger partial charge in [-0.05, 0) is 19.1 Å². The maximum atomic E-state index is 5.80. The van der Waals surface area contributed by atoms with Gasteiger partial charge in [0.2, 0.25) is 0 Å². The second-order valence-corrected chi connectivity index (χ2v) is 5.71. The third kappa shape index (κ3) is 2.21. The van der Waals surface area contributed by atoms with Gasteiger partial charge in [-0.25, -0.2) is 4.98 Å². The standard InChI is InChI=1S/C13H11ClN2OS/c1-8-5-9-3-2-4-11(12(9)17-8)15-6-10-7-16-13(14)18-10/h2-5,7,15H,6H2,1H3. The molecule has 2 heterocycles. The average Bonchev–Trinajstić information content (AvgIpc) is 2.91. The molecule has 3 nitrogen and oxygen atoms in total. The Morgan fingerprint density at radius 3 is 3.11 bits per heavy atom. The van der Waals surface area contributed by atoms with E-state index in [1.54, 1.807) is 6.20 Å². The van der Waals surface area contributed by atoms with Crippen molar-refractivity contribution in [1.82, 2.24) is 4.98 Å². The van der Waals surface area contributed by atoms with E-state index in [2.05, 4.69) is 10.3 Å². The predicted molar refractivity (Wildman–Crippen MR) is 75.4 cm³/mol. The Bertz CT molecular complexity index is 689. The van der Waals surface area contributed by atoms with Gasteiger partial charge in [0.1, 0.15) is 5.76 Å². The summed E-state index contributed by atoms with van der Waals surface area (Å²) in [5, 5.41) is 4.46. The van der Waals surface area contributed by atoms with E-state index in [1.807, 2.05) is 31.2 Å². The number of thiazole rings is 1. The number of anilines is 1. The lowest BCUT2D eigenvalue weighted by molar-refractivity contribution is 0.579. The van der Waals surface area contributed by atoms with Crippen LogP contribution in [0.1, 0.15) is 10.6 Å². The Morgan fingerprint density at radius 2 is 2.33 bits per heavy atom. The second-order valence-electron chi connectivity index (χ2n) is 4.01. The molecule has 3 rings (SSSR count). The fourth-order valence-electron chi connectivity index (χ4n) is 1.88. The topological polar surface area (TPSA) is 38.1 Å². The summed E-state index contributed by atoms with van der Waals surface area (Å²) in [5.74, 6) is 0.917. The molecule has 0 radical (unpaired) electrons. The van der Waals surface area contributed by atoms with Crippen LogP contribution in [-0.4, -0.2) is 4.98 Å². The minimum absolute atomic E-state index is 0.568. The molecule has 0 aliphatic carbocycles. The molecule has 0 spiro atoms. The monoisotopic (exact) mass is 278 g/mol. The SMILES string of the molecule is Cc1cc2cccc(NCc3cnc(Cl)s3)c2o1. The number of hydrogen-bond acceptors (Lipinski definition) is 4. The Labute approximate surface area is 113 Å². The highest BCUT2D eigenvalue weighted by atomic mass is 35.5. The van der Waals surface area contributed by atoms with E-state index in [-0.39, 0.29) is 0 Å². The molecule has 2 aromatic heterocycles. The van der Waals surface area contributed by atoms with Gasteiger partial charge >= 0.3 is 0 Å². The van der Waals surface area contributed by atoms with Crippen molar-refractivity contribution < 1.29 is 4.42 Å². The second kappa shape index (κ2) is 4.63.